The molecule has 4 heteroatoms. The Kier molecular flexibility index (Phi) is 3.91. The summed E-state index contributed by atoms with van der Waals surface area (Å²) in [6.07, 6.45) is 0. The van der Waals surface area contributed by atoms with Crippen LogP contribution in [0.5, 0.6) is 0 Å². The van der Waals surface area contributed by atoms with Crippen LogP contribution in [-0.4, -0.2) is 8.42 Å². The second-order valence-electron chi connectivity index (χ2n) is 4.75. The van der Waals surface area contributed by atoms with Crippen LogP contribution in [0.3, 0.4) is 0 Å². The van der Waals surface area contributed by atoms with E-state index in [0.717, 1.165) is 11.1 Å². The van der Waals surface area contributed by atoms with Gasteiger partial charge in [-0.2, -0.15) is 0 Å². The average Bonchev–Trinajstić information content (AvgIpc) is 2.40. The summed E-state index contributed by atoms with van der Waals surface area (Å²) in [7, 11) is -3.69. The van der Waals surface area contributed by atoms with Crippen LogP contribution >= 0.6 is 0 Å². The molecular weight excluding hydrogens is 270 g/mol. The maximum atomic E-state index is 12.6. The maximum Gasteiger partial charge on any atom is 0.350 e. The van der Waals surface area contributed by atoms with E-state index in [4.69, 9.17) is 6.57 Å². The molecule has 0 aliphatic rings. The first-order valence-corrected chi connectivity index (χ1v) is 7.73. The lowest BCUT2D eigenvalue weighted by Gasteiger charge is -2.09. The van der Waals surface area contributed by atoms with Crippen LogP contribution in [0.1, 0.15) is 22.1 Å². The van der Waals surface area contributed by atoms with Gasteiger partial charge in [-0.05, 0) is 32.0 Å². The molecule has 20 heavy (non-hydrogen) atoms. The average molecular weight is 285 g/mol. The van der Waals surface area contributed by atoms with Crippen LogP contribution in [0.25, 0.3) is 4.85 Å². The van der Waals surface area contributed by atoms with Crippen molar-refractivity contribution in [3.05, 3.63) is 76.6 Å². The molecule has 0 saturated heterocycles. The van der Waals surface area contributed by atoms with E-state index < -0.39 is 15.2 Å². The van der Waals surface area contributed by atoms with Gasteiger partial charge in [-0.15, -0.1) is 0 Å². The Hall–Kier alpha value is -2.12. The van der Waals surface area contributed by atoms with Crippen LogP contribution in [0.15, 0.2) is 53.4 Å². The topological polar surface area (TPSA) is 38.5 Å². The summed E-state index contributed by atoms with van der Waals surface area (Å²) in [6.45, 7) is 11.0. The van der Waals surface area contributed by atoms with E-state index in [2.05, 4.69) is 4.85 Å². The van der Waals surface area contributed by atoms with Gasteiger partial charge in [0.2, 0.25) is 0 Å². The van der Waals surface area contributed by atoms with Gasteiger partial charge in [0.25, 0.3) is 9.84 Å². The molecule has 0 unspecified atom stereocenters. The lowest BCUT2D eigenvalue weighted by molar-refractivity contribution is 0.590. The van der Waals surface area contributed by atoms with E-state index in [9.17, 15) is 8.42 Å². The van der Waals surface area contributed by atoms with Crippen molar-refractivity contribution in [2.45, 2.75) is 24.1 Å². The first-order valence-electron chi connectivity index (χ1n) is 6.19. The number of nitrogens with zero attached hydrogens (tertiary/aromatic N) is 1. The number of hydrogen-bond donors (Lipinski definition) is 0. The minimum absolute atomic E-state index is 0.186. The van der Waals surface area contributed by atoms with E-state index in [1.165, 1.54) is 0 Å². The fourth-order valence-corrected chi connectivity index (χ4v) is 3.42. The van der Waals surface area contributed by atoms with E-state index in [1.807, 2.05) is 19.9 Å². The minimum atomic E-state index is -3.69. The van der Waals surface area contributed by atoms with Crippen molar-refractivity contribution in [3.8, 4) is 0 Å². The van der Waals surface area contributed by atoms with E-state index >= 15 is 0 Å². The number of benzene rings is 2. The molecule has 1 atom stereocenters. The molecule has 0 radical (unpaired) electrons. The van der Waals surface area contributed by atoms with Gasteiger partial charge in [0, 0.05) is 0 Å². The van der Waals surface area contributed by atoms with Crippen molar-refractivity contribution in [3.63, 3.8) is 0 Å². The van der Waals surface area contributed by atoms with Gasteiger partial charge in [-0.3, -0.25) is 4.85 Å². The second-order valence-corrected chi connectivity index (χ2v) is 6.76. The molecule has 0 bridgehead atoms. The molecule has 0 N–H and O–H groups in total. The van der Waals surface area contributed by atoms with E-state index in [-0.39, 0.29) is 4.90 Å². The van der Waals surface area contributed by atoms with E-state index in [1.54, 1.807) is 42.5 Å². The Morgan fingerprint density at radius 3 is 2.20 bits per heavy atom. The normalized spacial score (nSPS) is 12.7. The first kappa shape index (κ1) is 14.3. The van der Waals surface area contributed by atoms with Gasteiger partial charge < -0.3 is 0 Å². The lowest BCUT2D eigenvalue weighted by Crippen LogP contribution is -2.10. The highest BCUT2D eigenvalue weighted by atomic mass is 32.2. The highest BCUT2D eigenvalue weighted by molar-refractivity contribution is 7.91. The van der Waals surface area contributed by atoms with Gasteiger partial charge in [0.05, 0.1) is 10.5 Å². The van der Waals surface area contributed by atoms with Crippen molar-refractivity contribution in [1.82, 2.24) is 0 Å². The first-order chi connectivity index (χ1) is 9.45. The van der Waals surface area contributed by atoms with Gasteiger partial charge in [0.15, 0.2) is 0 Å². The molecule has 0 aromatic heterocycles. The van der Waals surface area contributed by atoms with Gasteiger partial charge in [0.1, 0.15) is 0 Å². The summed E-state index contributed by atoms with van der Waals surface area (Å²) >= 11 is 0. The van der Waals surface area contributed by atoms with Crippen molar-refractivity contribution in [2.24, 2.45) is 0 Å². The summed E-state index contributed by atoms with van der Waals surface area (Å²) in [6, 6.07) is 13.7. The molecule has 102 valence electrons. The fourth-order valence-electron chi connectivity index (χ4n) is 2.00. The Morgan fingerprint density at radius 1 is 1.00 bits per heavy atom. The summed E-state index contributed by atoms with van der Waals surface area (Å²) in [5, 5.41) is -1.19. The lowest BCUT2D eigenvalue weighted by atomic mass is 10.1. The SMILES string of the molecule is [C-]#[N+][C@H](c1cccc(C)c1)S(=O)(=O)c1ccc(C)cc1. The summed E-state index contributed by atoms with van der Waals surface area (Å²) in [4.78, 5) is 3.52. The number of sulfone groups is 1. The zero-order chi connectivity index (χ0) is 14.8. The molecule has 2 aromatic rings. The van der Waals surface area contributed by atoms with E-state index in [0.29, 0.717) is 5.56 Å². The molecule has 0 heterocycles. The van der Waals surface area contributed by atoms with Crippen LogP contribution in [0, 0.1) is 20.4 Å². The molecule has 0 saturated carbocycles. The molecule has 2 aromatic carbocycles. The van der Waals surface area contributed by atoms with Crippen molar-refractivity contribution >= 4 is 9.84 Å². The highest BCUT2D eigenvalue weighted by Crippen LogP contribution is 2.30. The third-order valence-electron chi connectivity index (χ3n) is 3.09. The van der Waals surface area contributed by atoms with Gasteiger partial charge in [-0.25, -0.2) is 15.0 Å². The zero-order valence-corrected chi connectivity index (χ0v) is 12.2. The quantitative estimate of drug-likeness (QED) is 0.807. The third-order valence-corrected chi connectivity index (χ3v) is 4.98. The van der Waals surface area contributed by atoms with Crippen LogP contribution in [-0.2, 0) is 9.84 Å². The Labute approximate surface area is 119 Å². The monoisotopic (exact) mass is 285 g/mol. The third kappa shape index (κ3) is 2.73. The maximum absolute atomic E-state index is 12.6. The zero-order valence-electron chi connectivity index (χ0n) is 11.4. The summed E-state index contributed by atoms with van der Waals surface area (Å²) in [5.41, 5.74) is 2.44. The molecule has 0 aliphatic carbocycles. The second kappa shape index (κ2) is 5.48. The molecule has 0 amide bonds. The number of rotatable bonds is 3. The standard InChI is InChI=1S/C16H15NO2S/c1-12-7-9-15(10-8-12)20(18,19)16(17-3)14-6-4-5-13(2)11-14/h4-11,16H,1-2H3/t16-/m0/s1. The Bertz CT molecular complexity index is 756. The summed E-state index contributed by atoms with van der Waals surface area (Å²) in [5.74, 6) is 0. The van der Waals surface area contributed by atoms with Crippen LogP contribution in [0.4, 0.5) is 0 Å². The molecule has 3 nitrogen and oxygen atoms in total. The molecule has 2 rings (SSSR count). The van der Waals surface area contributed by atoms with Crippen LogP contribution in [0.2, 0.25) is 0 Å². The fraction of sp³-hybridized carbons (Fsp3) is 0.188. The van der Waals surface area contributed by atoms with Crippen molar-refractivity contribution in [1.29, 1.82) is 0 Å². The Balaban J connectivity index is 2.51. The molecular formula is C16H15NO2S. The minimum Gasteiger partial charge on any atom is -0.291 e. The number of aryl methyl sites for hydroxylation is 2. The van der Waals surface area contributed by atoms with Crippen molar-refractivity contribution in [2.75, 3.05) is 0 Å². The number of hydrogen-bond acceptors (Lipinski definition) is 2. The predicted molar refractivity (Wildman–Crippen MR) is 78.9 cm³/mol. The summed E-state index contributed by atoms with van der Waals surface area (Å²) < 4.78 is 25.1. The van der Waals surface area contributed by atoms with Gasteiger partial charge in [-0.1, -0.05) is 41.5 Å². The highest BCUT2D eigenvalue weighted by Gasteiger charge is 2.34. The largest absolute Gasteiger partial charge is 0.350 e. The smallest absolute Gasteiger partial charge is 0.291 e. The van der Waals surface area contributed by atoms with Crippen LogP contribution < -0.4 is 0 Å². The van der Waals surface area contributed by atoms with Crippen molar-refractivity contribution < 1.29 is 8.42 Å². The molecule has 0 spiro atoms. The van der Waals surface area contributed by atoms with Gasteiger partial charge >= 0.3 is 5.37 Å². The molecule has 0 aliphatic heterocycles. The molecule has 0 fully saturated rings. The predicted octanol–water partition coefficient (Wildman–Crippen LogP) is 3.70. The Morgan fingerprint density at radius 2 is 1.65 bits per heavy atom.